The lowest BCUT2D eigenvalue weighted by Gasteiger charge is -2.12. The van der Waals surface area contributed by atoms with Gasteiger partial charge in [-0.2, -0.15) is 13.2 Å². The monoisotopic (exact) mass is 233 g/mol. The van der Waals surface area contributed by atoms with Crippen LogP contribution in [0.2, 0.25) is 0 Å². The average Bonchev–Trinajstić information content (AvgIpc) is 2.57. The second-order valence-electron chi connectivity index (χ2n) is 3.15. The van der Waals surface area contributed by atoms with Crippen molar-refractivity contribution in [2.45, 2.75) is 19.1 Å². The third-order valence-electron chi connectivity index (χ3n) is 2.04. The molecule has 0 radical (unpaired) electrons. The van der Waals surface area contributed by atoms with Crippen molar-refractivity contribution in [2.24, 2.45) is 0 Å². The second kappa shape index (κ2) is 4.42. The van der Waals surface area contributed by atoms with E-state index in [1.165, 1.54) is 6.08 Å². The number of rotatable bonds is 4. The number of alkyl halides is 3. The summed E-state index contributed by atoms with van der Waals surface area (Å²) < 4.78 is 38.7. The smallest absolute Gasteiger partial charge is 0.432 e. The first-order chi connectivity index (χ1) is 7.38. The number of carboxylic acids is 1. The Bertz CT molecular complexity index is 407. The molecular weight excluding hydrogens is 223 g/mol. The molecule has 1 aromatic heterocycles. The van der Waals surface area contributed by atoms with E-state index in [1.807, 2.05) is 0 Å². The van der Waals surface area contributed by atoms with Gasteiger partial charge < -0.3 is 9.67 Å². The van der Waals surface area contributed by atoms with Gasteiger partial charge in [0.15, 0.2) is 0 Å². The zero-order valence-corrected chi connectivity index (χ0v) is 8.29. The van der Waals surface area contributed by atoms with Crippen LogP contribution in [0.3, 0.4) is 0 Å². The van der Waals surface area contributed by atoms with Crippen LogP contribution in [-0.2, 0) is 12.7 Å². The highest BCUT2D eigenvalue weighted by molar-refractivity contribution is 5.89. The first-order valence-electron chi connectivity index (χ1n) is 4.48. The van der Waals surface area contributed by atoms with Gasteiger partial charge in [-0.25, -0.2) is 4.79 Å². The predicted octanol–water partition coefficient (Wildman–Crippen LogP) is 2.78. The molecule has 0 amide bonds. The SMILES string of the molecule is C=CCCn1ccc(C(=O)O)c1C(F)(F)F. The molecule has 0 spiro atoms. The van der Waals surface area contributed by atoms with Gasteiger partial charge in [0.2, 0.25) is 0 Å². The minimum absolute atomic E-state index is 0.0611. The third-order valence-corrected chi connectivity index (χ3v) is 2.04. The Labute approximate surface area is 89.8 Å². The van der Waals surface area contributed by atoms with Gasteiger partial charge in [-0.3, -0.25) is 0 Å². The number of aromatic carboxylic acids is 1. The van der Waals surface area contributed by atoms with Crippen LogP contribution in [0.15, 0.2) is 24.9 Å². The maximum absolute atomic E-state index is 12.6. The summed E-state index contributed by atoms with van der Waals surface area (Å²) in [6.45, 7) is 3.46. The fourth-order valence-electron chi connectivity index (χ4n) is 1.38. The molecule has 0 aromatic carbocycles. The normalized spacial score (nSPS) is 11.4. The first kappa shape index (κ1) is 12.4. The molecule has 0 fully saturated rings. The van der Waals surface area contributed by atoms with Crippen LogP contribution >= 0.6 is 0 Å². The summed E-state index contributed by atoms with van der Waals surface area (Å²) in [5.41, 5.74) is -1.85. The summed E-state index contributed by atoms with van der Waals surface area (Å²) in [4.78, 5) is 10.6. The van der Waals surface area contributed by atoms with Gasteiger partial charge in [-0.1, -0.05) is 6.08 Å². The van der Waals surface area contributed by atoms with E-state index in [9.17, 15) is 18.0 Å². The summed E-state index contributed by atoms with van der Waals surface area (Å²) >= 11 is 0. The number of aryl methyl sites for hydroxylation is 1. The molecule has 0 atom stereocenters. The zero-order chi connectivity index (χ0) is 12.3. The fourth-order valence-corrected chi connectivity index (χ4v) is 1.38. The molecule has 3 nitrogen and oxygen atoms in total. The Morgan fingerprint density at radius 2 is 2.19 bits per heavy atom. The van der Waals surface area contributed by atoms with Crippen molar-refractivity contribution in [2.75, 3.05) is 0 Å². The number of halogens is 3. The van der Waals surface area contributed by atoms with Crippen LogP contribution in [0.25, 0.3) is 0 Å². The Kier molecular flexibility index (Phi) is 3.41. The van der Waals surface area contributed by atoms with Crippen molar-refractivity contribution in [1.82, 2.24) is 4.57 Å². The predicted molar refractivity (Wildman–Crippen MR) is 51.2 cm³/mol. The summed E-state index contributed by atoms with van der Waals surface area (Å²) in [6.07, 6.45) is -1.73. The van der Waals surface area contributed by atoms with Gasteiger partial charge in [0.1, 0.15) is 5.69 Å². The number of carbonyl (C=O) groups is 1. The van der Waals surface area contributed by atoms with Crippen LogP contribution in [0.4, 0.5) is 13.2 Å². The van der Waals surface area contributed by atoms with Crippen LogP contribution in [0, 0.1) is 0 Å². The number of hydrogen-bond donors (Lipinski definition) is 1. The standard InChI is InChI=1S/C10H10F3NO2/c1-2-3-5-14-6-4-7(9(15)16)8(14)10(11,12)13/h2,4,6H,1,3,5H2,(H,15,16). The zero-order valence-electron chi connectivity index (χ0n) is 8.29. The number of nitrogens with zero attached hydrogens (tertiary/aromatic N) is 1. The fraction of sp³-hybridized carbons (Fsp3) is 0.300. The van der Waals surface area contributed by atoms with E-state index in [0.29, 0.717) is 6.42 Å². The highest BCUT2D eigenvalue weighted by Crippen LogP contribution is 2.33. The van der Waals surface area contributed by atoms with Gasteiger partial charge in [-0.05, 0) is 12.5 Å². The van der Waals surface area contributed by atoms with Crippen molar-refractivity contribution in [3.05, 3.63) is 36.2 Å². The van der Waals surface area contributed by atoms with Crippen molar-refractivity contribution >= 4 is 5.97 Å². The molecule has 1 aromatic rings. The molecular formula is C10H10F3NO2. The number of aromatic nitrogens is 1. The molecule has 1 rings (SSSR count). The average molecular weight is 233 g/mol. The van der Waals surface area contributed by atoms with Crippen molar-refractivity contribution in [3.63, 3.8) is 0 Å². The first-order valence-corrected chi connectivity index (χ1v) is 4.48. The highest BCUT2D eigenvalue weighted by atomic mass is 19.4. The van der Waals surface area contributed by atoms with Crippen LogP contribution in [0.5, 0.6) is 0 Å². The molecule has 0 saturated heterocycles. The van der Waals surface area contributed by atoms with E-state index in [-0.39, 0.29) is 6.54 Å². The molecule has 16 heavy (non-hydrogen) atoms. The van der Waals surface area contributed by atoms with Crippen LogP contribution in [-0.4, -0.2) is 15.6 Å². The quantitative estimate of drug-likeness (QED) is 0.812. The summed E-state index contributed by atoms with van der Waals surface area (Å²) in [6, 6.07) is 0.953. The van der Waals surface area contributed by atoms with Gasteiger partial charge in [0.25, 0.3) is 0 Å². The summed E-state index contributed by atoms with van der Waals surface area (Å²) in [7, 11) is 0. The van der Waals surface area contributed by atoms with Crippen molar-refractivity contribution in [1.29, 1.82) is 0 Å². The maximum Gasteiger partial charge on any atom is 0.432 e. The Morgan fingerprint density at radius 3 is 2.62 bits per heavy atom. The minimum atomic E-state index is -4.67. The second-order valence-corrected chi connectivity index (χ2v) is 3.15. The maximum atomic E-state index is 12.6. The lowest BCUT2D eigenvalue weighted by atomic mass is 10.2. The Balaban J connectivity index is 3.19. The summed E-state index contributed by atoms with van der Waals surface area (Å²) in [5, 5.41) is 8.63. The summed E-state index contributed by atoms with van der Waals surface area (Å²) in [5.74, 6) is -1.58. The van der Waals surface area contributed by atoms with E-state index in [2.05, 4.69) is 6.58 Å². The largest absolute Gasteiger partial charge is 0.478 e. The van der Waals surface area contributed by atoms with E-state index in [4.69, 9.17) is 5.11 Å². The molecule has 0 aliphatic carbocycles. The molecule has 88 valence electrons. The Morgan fingerprint density at radius 1 is 1.56 bits per heavy atom. The van der Waals surface area contributed by atoms with Gasteiger partial charge in [0.05, 0.1) is 5.56 Å². The van der Waals surface area contributed by atoms with Crippen LogP contribution < -0.4 is 0 Å². The highest BCUT2D eigenvalue weighted by Gasteiger charge is 2.38. The molecule has 1 heterocycles. The third kappa shape index (κ3) is 2.44. The lowest BCUT2D eigenvalue weighted by molar-refractivity contribution is -0.144. The molecule has 6 heteroatoms. The van der Waals surface area contributed by atoms with Crippen molar-refractivity contribution in [3.8, 4) is 0 Å². The van der Waals surface area contributed by atoms with E-state index < -0.39 is 23.4 Å². The van der Waals surface area contributed by atoms with Gasteiger partial charge in [-0.15, -0.1) is 6.58 Å². The molecule has 0 aliphatic heterocycles. The molecule has 0 saturated carbocycles. The van der Waals surface area contributed by atoms with Gasteiger partial charge in [0, 0.05) is 12.7 Å². The van der Waals surface area contributed by atoms with Crippen molar-refractivity contribution < 1.29 is 23.1 Å². The molecule has 1 N–H and O–H groups in total. The van der Waals surface area contributed by atoms with E-state index in [0.717, 1.165) is 16.8 Å². The Hall–Kier alpha value is -1.72. The lowest BCUT2D eigenvalue weighted by Crippen LogP contribution is -2.17. The molecule has 0 aliphatic rings. The minimum Gasteiger partial charge on any atom is -0.478 e. The number of allylic oxidation sites excluding steroid dienone is 1. The van der Waals surface area contributed by atoms with E-state index >= 15 is 0 Å². The number of carboxylic acid groups (broad SMARTS) is 1. The van der Waals surface area contributed by atoms with E-state index in [1.54, 1.807) is 0 Å². The molecule has 0 bridgehead atoms. The number of hydrogen-bond acceptors (Lipinski definition) is 1. The topological polar surface area (TPSA) is 42.2 Å². The molecule has 0 unspecified atom stereocenters. The van der Waals surface area contributed by atoms with Crippen LogP contribution in [0.1, 0.15) is 22.5 Å². The van der Waals surface area contributed by atoms with Gasteiger partial charge >= 0.3 is 12.1 Å².